The molecule has 2 aromatic heterocycles. The number of aromatic nitrogens is 3. The smallest absolute Gasteiger partial charge is 0.117 e. The number of hydrogen-bond acceptors (Lipinski definition) is 3. The van der Waals surface area contributed by atoms with E-state index in [1.807, 2.05) is 19.9 Å². The maximum absolute atomic E-state index is 9.04. The van der Waals surface area contributed by atoms with Crippen molar-refractivity contribution in [2.45, 2.75) is 19.3 Å². The van der Waals surface area contributed by atoms with Gasteiger partial charge in [-0.25, -0.2) is 9.50 Å². The Bertz CT molecular complexity index is 504. The average Bonchev–Trinajstić information content (AvgIpc) is 2.64. The minimum Gasteiger partial charge on any atom is -0.243 e. The van der Waals surface area contributed by atoms with Crippen LogP contribution in [0.5, 0.6) is 0 Å². The first-order chi connectivity index (χ1) is 6.65. The molecule has 0 fully saturated rings. The zero-order chi connectivity index (χ0) is 10.2. The van der Waals surface area contributed by atoms with Crippen LogP contribution in [-0.4, -0.2) is 14.6 Å². The van der Waals surface area contributed by atoms with Crippen LogP contribution in [0.3, 0.4) is 0 Å². The number of fused-ring (bicyclic) bond motifs is 1. The zero-order valence-corrected chi connectivity index (χ0v) is 8.10. The standard InChI is InChI=1S/C10H10N4/c1-10(2,6-11)8-3-4-13-14-7-12-5-9(8)14/h3-5,7H,1-2H3. The van der Waals surface area contributed by atoms with Gasteiger partial charge in [-0.3, -0.25) is 0 Å². The molecule has 4 heteroatoms. The predicted octanol–water partition coefficient (Wildman–Crippen LogP) is 1.53. The van der Waals surface area contributed by atoms with Crippen molar-refractivity contribution < 1.29 is 0 Å². The van der Waals surface area contributed by atoms with Crippen LogP contribution in [-0.2, 0) is 5.41 Å². The Morgan fingerprint density at radius 1 is 1.50 bits per heavy atom. The number of hydrogen-bond donors (Lipinski definition) is 0. The molecule has 0 aromatic carbocycles. The largest absolute Gasteiger partial charge is 0.243 e. The van der Waals surface area contributed by atoms with Crippen molar-refractivity contribution in [1.82, 2.24) is 14.6 Å². The highest BCUT2D eigenvalue weighted by Gasteiger charge is 2.22. The molecule has 14 heavy (non-hydrogen) atoms. The summed E-state index contributed by atoms with van der Waals surface area (Å²) >= 11 is 0. The normalized spacial score (nSPS) is 11.5. The monoisotopic (exact) mass is 186 g/mol. The van der Waals surface area contributed by atoms with Crippen LogP contribution in [0.4, 0.5) is 0 Å². The Balaban J connectivity index is 2.75. The van der Waals surface area contributed by atoms with E-state index in [1.54, 1.807) is 23.2 Å². The van der Waals surface area contributed by atoms with Gasteiger partial charge in [-0.05, 0) is 19.9 Å². The lowest BCUT2D eigenvalue weighted by Crippen LogP contribution is -2.15. The third kappa shape index (κ3) is 1.14. The molecule has 0 radical (unpaired) electrons. The lowest BCUT2D eigenvalue weighted by Gasteiger charge is -2.15. The summed E-state index contributed by atoms with van der Waals surface area (Å²) in [7, 11) is 0. The summed E-state index contributed by atoms with van der Waals surface area (Å²) in [5.41, 5.74) is 1.33. The van der Waals surface area contributed by atoms with E-state index in [-0.39, 0.29) is 0 Å². The van der Waals surface area contributed by atoms with E-state index in [0.29, 0.717) is 0 Å². The van der Waals surface area contributed by atoms with Crippen LogP contribution in [0.15, 0.2) is 24.8 Å². The zero-order valence-electron chi connectivity index (χ0n) is 8.10. The van der Waals surface area contributed by atoms with Crippen LogP contribution >= 0.6 is 0 Å². The highest BCUT2D eigenvalue weighted by molar-refractivity contribution is 5.56. The van der Waals surface area contributed by atoms with Crippen LogP contribution in [0, 0.1) is 11.3 Å². The van der Waals surface area contributed by atoms with Crippen molar-refractivity contribution >= 4 is 5.52 Å². The SMILES string of the molecule is CC(C)(C#N)c1ccnn2cncc12. The van der Waals surface area contributed by atoms with Gasteiger partial charge in [-0.1, -0.05) is 0 Å². The molecule has 0 aliphatic carbocycles. The van der Waals surface area contributed by atoms with Gasteiger partial charge in [0.15, 0.2) is 0 Å². The molecule has 0 spiro atoms. The van der Waals surface area contributed by atoms with Crippen molar-refractivity contribution in [1.29, 1.82) is 5.26 Å². The number of rotatable bonds is 1. The van der Waals surface area contributed by atoms with Crippen molar-refractivity contribution in [3.05, 3.63) is 30.4 Å². The summed E-state index contributed by atoms with van der Waals surface area (Å²) in [4.78, 5) is 4.00. The van der Waals surface area contributed by atoms with Gasteiger partial charge in [0.25, 0.3) is 0 Å². The second kappa shape index (κ2) is 2.81. The molecule has 0 saturated heterocycles. The molecule has 2 rings (SSSR count). The predicted molar refractivity (Wildman–Crippen MR) is 51.6 cm³/mol. The van der Waals surface area contributed by atoms with E-state index < -0.39 is 5.41 Å². The summed E-state index contributed by atoms with van der Waals surface area (Å²) in [6.07, 6.45) is 5.04. The first kappa shape index (κ1) is 8.70. The fourth-order valence-corrected chi connectivity index (χ4v) is 1.43. The quantitative estimate of drug-likeness (QED) is 0.678. The second-order valence-electron chi connectivity index (χ2n) is 3.71. The van der Waals surface area contributed by atoms with Gasteiger partial charge in [0, 0.05) is 11.8 Å². The van der Waals surface area contributed by atoms with Crippen LogP contribution in [0.1, 0.15) is 19.4 Å². The highest BCUT2D eigenvalue weighted by Crippen LogP contribution is 2.25. The Morgan fingerprint density at radius 3 is 3.00 bits per heavy atom. The Morgan fingerprint density at radius 2 is 2.29 bits per heavy atom. The van der Waals surface area contributed by atoms with E-state index in [0.717, 1.165) is 11.1 Å². The van der Waals surface area contributed by atoms with Gasteiger partial charge in [-0.15, -0.1) is 0 Å². The molecule has 2 aromatic rings. The number of nitrogens with zero attached hydrogens (tertiary/aromatic N) is 4. The van der Waals surface area contributed by atoms with E-state index >= 15 is 0 Å². The molecule has 0 saturated carbocycles. The minimum absolute atomic E-state index is 0.510. The maximum atomic E-state index is 9.04. The van der Waals surface area contributed by atoms with E-state index in [1.165, 1.54) is 0 Å². The van der Waals surface area contributed by atoms with E-state index in [4.69, 9.17) is 5.26 Å². The van der Waals surface area contributed by atoms with Crippen molar-refractivity contribution in [3.8, 4) is 6.07 Å². The molecule has 2 heterocycles. The second-order valence-corrected chi connectivity index (χ2v) is 3.71. The molecular weight excluding hydrogens is 176 g/mol. The lowest BCUT2D eigenvalue weighted by atomic mass is 9.87. The van der Waals surface area contributed by atoms with Crippen molar-refractivity contribution in [3.63, 3.8) is 0 Å². The summed E-state index contributed by atoms with van der Waals surface area (Å²) in [6, 6.07) is 4.13. The molecule has 0 unspecified atom stereocenters. The third-order valence-electron chi connectivity index (χ3n) is 2.28. The summed E-state index contributed by atoms with van der Waals surface area (Å²) < 4.78 is 1.68. The van der Waals surface area contributed by atoms with E-state index in [2.05, 4.69) is 16.2 Å². The minimum atomic E-state index is -0.510. The molecular formula is C10H10N4. The van der Waals surface area contributed by atoms with E-state index in [9.17, 15) is 0 Å². The molecule has 70 valence electrons. The van der Waals surface area contributed by atoms with Gasteiger partial charge < -0.3 is 0 Å². The fourth-order valence-electron chi connectivity index (χ4n) is 1.43. The summed E-state index contributed by atoms with van der Waals surface area (Å²) in [6.45, 7) is 3.77. The highest BCUT2D eigenvalue weighted by atomic mass is 15.2. The van der Waals surface area contributed by atoms with Crippen molar-refractivity contribution in [2.75, 3.05) is 0 Å². The Kier molecular flexibility index (Phi) is 1.74. The van der Waals surface area contributed by atoms with Gasteiger partial charge >= 0.3 is 0 Å². The molecule has 0 aliphatic heterocycles. The average molecular weight is 186 g/mol. The lowest BCUT2D eigenvalue weighted by molar-refractivity contribution is 0.684. The molecule has 0 N–H and O–H groups in total. The molecule has 0 aliphatic rings. The van der Waals surface area contributed by atoms with Crippen LogP contribution < -0.4 is 0 Å². The third-order valence-corrected chi connectivity index (χ3v) is 2.28. The molecule has 0 bridgehead atoms. The molecule has 0 amide bonds. The summed E-state index contributed by atoms with van der Waals surface area (Å²) in [5, 5.41) is 13.1. The fraction of sp³-hybridized carbons (Fsp3) is 0.300. The molecule has 4 nitrogen and oxygen atoms in total. The van der Waals surface area contributed by atoms with Gasteiger partial charge in [0.1, 0.15) is 6.33 Å². The van der Waals surface area contributed by atoms with Gasteiger partial charge in [0.2, 0.25) is 0 Å². The number of imidazole rings is 1. The topological polar surface area (TPSA) is 54.0 Å². The van der Waals surface area contributed by atoms with Gasteiger partial charge in [0.05, 0.1) is 23.2 Å². The number of nitriles is 1. The van der Waals surface area contributed by atoms with Crippen LogP contribution in [0.2, 0.25) is 0 Å². The first-order valence-corrected chi connectivity index (χ1v) is 4.34. The summed E-state index contributed by atoms with van der Waals surface area (Å²) in [5.74, 6) is 0. The maximum Gasteiger partial charge on any atom is 0.117 e. The van der Waals surface area contributed by atoms with Gasteiger partial charge in [-0.2, -0.15) is 10.4 Å². The van der Waals surface area contributed by atoms with Crippen molar-refractivity contribution in [2.24, 2.45) is 0 Å². The first-order valence-electron chi connectivity index (χ1n) is 4.34. The van der Waals surface area contributed by atoms with Crippen LogP contribution in [0.25, 0.3) is 5.52 Å². The molecule has 0 atom stereocenters. The Hall–Kier alpha value is -1.89. The Labute approximate surface area is 81.8 Å².